The van der Waals surface area contributed by atoms with Crippen LogP contribution in [0.3, 0.4) is 0 Å². The smallest absolute Gasteiger partial charge is 0.156 e. The van der Waals surface area contributed by atoms with E-state index in [9.17, 15) is 0 Å². The fourth-order valence-electron chi connectivity index (χ4n) is 1.10. The molecule has 0 spiro atoms. The van der Waals surface area contributed by atoms with Gasteiger partial charge in [-0.3, -0.25) is 4.99 Å². The Bertz CT molecular complexity index is 223. The summed E-state index contributed by atoms with van der Waals surface area (Å²) in [5.41, 5.74) is 0. The van der Waals surface area contributed by atoms with Gasteiger partial charge in [-0.15, -0.1) is 23.2 Å². The van der Waals surface area contributed by atoms with Gasteiger partial charge in [-0.05, 0) is 6.42 Å². The lowest BCUT2D eigenvalue weighted by Gasteiger charge is -2.00. The van der Waals surface area contributed by atoms with Crippen LogP contribution in [0.1, 0.15) is 6.42 Å². The molecular weight excluding hydrogens is 295 g/mol. The highest BCUT2D eigenvalue weighted by molar-refractivity contribution is 8.13. The van der Waals surface area contributed by atoms with Crippen LogP contribution >= 0.6 is 35.0 Å². The molecule has 13 heavy (non-hydrogen) atoms. The molecule has 0 radical (unpaired) electrons. The molecule has 1 saturated carbocycles. The number of rotatable bonds is 2. The molecule has 0 amide bonds. The maximum atomic E-state index is 5.88. The molecule has 2 nitrogen and oxygen atoms in total. The first-order chi connectivity index (χ1) is 5.68. The Hall–Kier alpha value is 0.880. The third kappa shape index (κ3) is 3.18. The zero-order valence-electron chi connectivity index (χ0n) is 6.90. The van der Waals surface area contributed by atoms with Crippen LogP contribution in [-0.4, -0.2) is 28.3 Å². The van der Waals surface area contributed by atoms with E-state index >= 15 is 0 Å². The molecule has 1 unspecified atom stereocenters. The molecule has 1 heterocycles. The number of nitrogens with one attached hydrogen (secondary N) is 1. The van der Waals surface area contributed by atoms with Crippen LogP contribution in [0.5, 0.6) is 0 Å². The molecule has 76 valence electrons. The van der Waals surface area contributed by atoms with Gasteiger partial charge in [0.05, 0.1) is 6.54 Å². The number of alkyl halides is 2. The number of amidine groups is 1. The summed E-state index contributed by atoms with van der Waals surface area (Å²) >= 11 is 13.5. The standard InChI is InChI=1S/C7H10Cl2N2S.BrH/c8-7(9)3-5(7)4-12-6-10-1-2-11-6;/h5H,1-4H2,(H,10,11);1H/p-1. The van der Waals surface area contributed by atoms with Gasteiger partial charge in [-0.1, -0.05) is 11.8 Å². The molecule has 1 N–H and O–H groups in total. The van der Waals surface area contributed by atoms with Crippen molar-refractivity contribution < 1.29 is 17.0 Å². The van der Waals surface area contributed by atoms with E-state index in [1.807, 2.05) is 0 Å². The second-order valence-corrected chi connectivity index (χ2v) is 5.64. The first kappa shape index (κ1) is 12.0. The second kappa shape index (κ2) is 4.60. The Morgan fingerprint density at radius 2 is 2.31 bits per heavy atom. The average Bonchev–Trinajstić information content (AvgIpc) is 2.54. The highest BCUT2D eigenvalue weighted by Crippen LogP contribution is 2.54. The van der Waals surface area contributed by atoms with Crippen molar-refractivity contribution in [1.29, 1.82) is 0 Å². The number of thioether (sulfide) groups is 1. The molecule has 0 bridgehead atoms. The predicted octanol–water partition coefficient (Wildman–Crippen LogP) is -1.12. The highest BCUT2D eigenvalue weighted by Gasteiger charge is 2.51. The van der Waals surface area contributed by atoms with Gasteiger partial charge in [0.2, 0.25) is 0 Å². The van der Waals surface area contributed by atoms with Gasteiger partial charge in [0.15, 0.2) is 5.17 Å². The normalized spacial score (nSPS) is 28.8. The van der Waals surface area contributed by atoms with Crippen molar-refractivity contribution in [3.8, 4) is 0 Å². The van der Waals surface area contributed by atoms with E-state index in [1.165, 1.54) is 0 Å². The summed E-state index contributed by atoms with van der Waals surface area (Å²) in [6.45, 7) is 1.87. The number of aliphatic imine (C=N–C) groups is 1. The van der Waals surface area contributed by atoms with E-state index in [0.717, 1.165) is 30.4 Å². The summed E-state index contributed by atoms with van der Waals surface area (Å²) in [7, 11) is 0. The maximum absolute atomic E-state index is 5.88. The van der Waals surface area contributed by atoms with E-state index in [1.54, 1.807) is 11.8 Å². The Labute approximate surface area is 103 Å². The molecule has 1 aliphatic carbocycles. The van der Waals surface area contributed by atoms with Crippen LogP contribution < -0.4 is 22.3 Å². The topological polar surface area (TPSA) is 24.4 Å². The fourth-order valence-corrected chi connectivity index (χ4v) is 2.96. The van der Waals surface area contributed by atoms with Crippen molar-refractivity contribution in [2.45, 2.75) is 10.8 Å². The number of hydrogen-bond donors (Lipinski definition) is 1. The molecule has 2 aliphatic rings. The van der Waals surface area contributed by atoms with Crippen LogP contribution in [-0.2, 0) is 0 Å². The molecule has 1 atom stereocenters. The van der Waals surface area contributed by atoms with Gasteiger partial charge < -0.3 is 22.3 Å². The third-order valence-electron chi connectivity index (χ3n) is 2.02. The van der Waals surface area contributed by atoms with Gasteiger partial charge in [0.25, 0.3) is 0 Å². The molecule has 2 rings (SSSR count). The average molecular weight is 305 g/mol. The summed E-state index contributed by atoms with van der Waals surface area (Å²) in [4.78, 5) is 4.27. The van der Waals surface area contributed by atoms with Crippen LogP contribution in [0.4, 0.5) is 0 Å². The minimum Gasteiger partial charge on any atom is -1.00 e. The summed E-state index contributed by atoms with van der Waals surface area (Å²) < 4.78 is -0.438. The van der Waals surface area contributed by atoms with Gasteiger partial charge in [-0.25, -0.2) is 0 Å². The molecule has 0 aromatic heterocycles. The Morgan fingerprint density at radius 1 is 1.62 bits per heavy atom. The van der Waals surface area contributed by atoms with Crippen molar-refractivity contribution >= 4 is 40.1 Å². The molecule has 6 heteroatoms. The van der Waals surface area contributed by atoms with Gasteiger partial charge in [-0.2, -0.15) is 0 Å². The summed E-state index contributed by atoms with van der Waals surface area (Å²) in [6.07, 6.45) is 0.927. The quantitative estimate of drug-likeness (QED) is 0.654. The van der Waals surface area contributed by atoms with Crippen LogP contribution in [0.25, 0.3) is 0 Å². The second-order valence-electron chi connectivity index (χ2n) is 3.09. The van der Waals surface area contributed by atoms with Crippen molar-refractivity contribution in [1.82, 2.24) is 5.32 Å². The van der Waals surface area contributed by atoms with Crippen molar-refractivity contribution in [3.63, 3.8) is 0 Å². The molecule has 0 aromatic carbocycles. The largest absolute Gasteiger partial charge is 1.00 e. The third-order valence-corrected chi connectivity index (χ3v) is 4.06. The number of nitrogens with zero attached hydrogens (tertiary/aromatic N) is 1. The summed E-state index contributed by atoms with van der Waals surface area (Å²) in [6, 6.07) is 0. The van der Waals surface area contributed by atoms with E-state index < -0.39 is 4.33 Å². The summed E-state index contributed by atoms with van der Waals surface area (Å²) in [5, 5.41) is 4.24. The fraction of sp³-hybridized carbons (Fsp3) is 0.857. The molecular formula is C7H10BrCl2N2S-. The predicted molar refractivity (Wildman–Crippen MR) is 55.3 cm³/mol. The monoisotopic (exact) mass is 303 g/mol. The number of hydrogen-bond acceptors (Lipinski definition) is 3. The zero-order valence-corrected chi connectivity index (χ0v) is 10.8. The highest BCUT2D eigenvalue weighted by atomic mass is 79.9. The van der Waals surface area contributed by atoms with E-state index in [2.05, 4.69) is 10.3 Å². The molecule has 1 fully saturated rings. The molecule has 0 aromatic rings. The van der Waals surface area contributed by atoms with Crippen LogP contribution in [0, 0.1) is 5.92 Å². The van der Waals surface area contributed by atoms with E-state index in [0.29, 0.717) is 5.92 Å². The van der Waals surface area contributed by atoms with Crippen molar-refractivity contribution in [2.75, 3.05) is 18.8 Å². The Balaban J connectivity index is 0.000000845. The minimum atomic E-state index is -0.438. The number of halogens is 3. The Kier molecular flexibility index (Phi) is 4.23. The minimum absolute atomic E-state index is 0. The van der Waals surface area contributed by atoms with Crippen molar-refractivity contribution in [3.05, 3.63) is 0 Å². The lowest BCUT2D eigenvalue weighted by atomic mass is 10.5. The zero-order chi connectivity index (χ0) is 8.60. The van der Waals surface area contributed by atoms with Gasteiger partial charge >= 0.3 is 0 Å². The molecule has 1 aliphatic heterocycles. The van der Waals surface area contributed by atoms with Crippen LogP contribution in [0.15, 0.2) is 4.99 Å². The van der Waals surface area contributed by atoms with Crippen LogP contribution in [0.2, 0.25) is 0 Å². The first-order valence-corrected chi connectivity index (χ1v) is 5.71. The first-order valence-electron chi connectivity index (χ1n) is 3.97. The van der Waals surface area contributed by atoms with Gasteiger partial charge in [0.1, 0.15) is 4.33 Å². The lowest BCUT2D eigenvalue weighted by molar-refractivity contribution is -0.00000230. The lowest BCUT2D eigenvalue weighted by Crippen LogP contribution is -3.00. The van der Waals surface area contributed by atoms with E-state index in [4.69, 9.17) is 23.2 Å². The van der Waals surface area contributed by atoms with E-state index in [-0.39, 0.29) is 17.0 Å². The maximum Gasteiger partial charge on any atom is 0.156 e. The Morgan fingerprint density at radius 3 is 2.77 bits per heavy atom. The SMILES string of the molecule is ClC1(Cl)CC1CSC1=NCCN1.[Br-]. The van der Waals surface area contributed by atoms with Crippen molar-refractivity contribution in [2.24, 2.45) is 10.9 Å². The van der Waals surface area contributed by atoms with Gasteiger partial charge in [0, 0.05) is 18.2 Å². The molecule has 0 saturated heterocycles. The summed E-state index contributed by atoms with van der Waals surface area (Å²) in [5.74, 6) is 1.44.